The maximum absolute atomic E-state index is 12.2. The second-order valence-corrected chi connectivity index (χ2v) is 2.86. The molecule has 1 atom stereocenters. The Bertz CT molecular complexity index is 365. The van der Waals surface area contributed by atoms with Gasteiger partial charge in [0.1, 0.15) is 0 Å². The van der Waals surface area contributed by atoms with E-state index in [0.717, 1.165) is 12.3 Å². The fraction of sp³-hybridized carbons (Fsp3) is 0.333. The minimum Gasteiger partial charge on any atom is -0.264 e. The van der Waals surface area contributed by atoms with Crippen LogP contribution in [0.15, 0.2) is 18.5 Å². The lowest BCUT2D eigenvalue weighted by atomic mass is 10.0. The van der Waals surface area contributed by atoms with Crippen LogP contribution in [0.1, 0.15) is 24.0 Å². The van der Waals surface area contributed by atoms with Crippen molar-refractivity contribution in [2.24, 2.45) is 0 Å². The van der Waals surface area contributed by atoms with Crippen LogP contribution < -0.4 is 0 Å². The number of aromatic nitrogens is 1. The Morgan fingerprint density at radius 3 is 2.57 bits per heavy atom. The van der Waals surface area contributed by atoms with Crippen molar-refractivity contribution in [3.63, 3.8) is 0 Å². The molecule has 2 nitrogen and oxygen atoms in total. The van der Waals surface area contributed by atoms with Crippen LogP contribution in [0.4, 0.5) is 13.2 Å². The molecule has 0 aromatic carbocycles. The summed E-state index contributed by atoms with van der Waals surface area (Å²) < 4.78 is 36.6. The van der Waals surface area contributed by atoms with Gasteiger partial charge in [-0.15, -0.1) is 0 Å². The fourth-order valence-electron chi connectivity index (χ4n) is 0.924. The number of nitrogens with zero attached hydrogens (tertiary/aromatic N) is 2. The highest BCUT2D eigenvalue weighted by Gasteiger charge is 2.31. The molecule has 1 unspecified atom stereocenters. The van der Waals surface area contributed by atoms with Crippen molar-refractivity contribution >= 4 is 0 Å². The Labute approximate surface area is 79.0 Å². The van der Waals surface area contributed by atoms with Gasteiger partial charge in [0.05, 0.1) is 17.6 Å². The molecule has 0 bridgehead atoms. The quantitative estimate of drug-likeness (QED) is 0.698. The molecule has 1 heterocycles. The van der Waals surface area contributed by atoms with Crippen molar-refractivity contribution < 1.29 is 13.2 Å². The number of nitriles is 1. The van der Waals surface area contributed by atoms with Crippen molar-refractivity contribution in [1.29, 1.82) is 5.26 Å². The first-order valence-corrected chi connectivity index (χ1v) is 3.87. The van der Waals surface area contributed by atoms with Crippen molar-refractivity contribution in [3.8, 4) is 6.07 Å². The Hall–Kier alpha value is -1.57. The van der Waals surface area contributed by atoms with Gasteiger partial charge in [-0.3, -0.25) is 4.98 Å². The Morgan fingerprint density at radius 2 is 2.07 bits per heavy atom. The van der Waals surface area contributed by atoms with Gasteiger partial charge in [-0.2, -0.15) is 18.4 Å². The summed E-state index contributed by atoms with van der Waals surface area (Å²) in [4.78, 5) is 3.45. The average Bonchev–Trinajstić information content (AvgIpc) is 2.15. The molecule has 0 aliphatic rings. The van der Waals surface area contributed by atoms with Crippen LogP contribution in [0.2, 0.25) is 0 Å². The number of hydrogen-bond acceptors (Lipinski definition) is 2. The van der Waals surface area contributed by atoms with Gasteiger partial charge in [-0.05, 0) is 18.6 Å². The molecular formula is C9H7F3N2. The van der Waals surface area contributed by atoms with Gasteiger partial charge in [0, 0.05) is 12.4 Å². The van der Waals surface area contributed by atoms with Gasteiger partial charge >= 0.3 is 6.18 Å². The zero-order valence-corrected chi connectivity index (χ0v) is 7.34. The Morgan fingerprint density at radius 1 is 1.43 bits per heavy atom. The van der Waals surface area contributed by atoms with Gasteiger partial charge in [-0.1, -0.05) is 0 Å². The van der Waals surface area contributed by atoms with E-state index in [4.69, 9.17) is 5.26 Å². The summed E-state index contributed by atoms with van der Waals surface area (Å²) in [6.45, 7) is 1.52. The molecule has 0 amide bonds. The highest BCUT2D eigenvalue weighted by Crippen LogP contribution is 2.30. The maximum atomic E-state index is 12.2. The smallest absolute Gasteiger partial charge is 0.264 e. The average molecular weight is 200 g/mol. The number of pyridine rings is 1. The van der Waals surface area contributed by atoms with Crippen molar-refractivity contribution in [1.82, 2.24) is 4.98 Å². The lowest BCUT2D eigenvalue weighted by molar-refractivity contribution is -0.137. The zero-order chi connectivity index (χ0) is 10.8. The van der Waals surface area contributed by atoms with E-state index in [9.17, 15) is 13.2 Å². The van der Waals surface area contributed by atoms with Crippen LogP contribution in [0, 0.1) is 11.3 Å². The molecule has 0 N–H and O–H groups in total. The molecular weight excluding hydrogens is 193 g/mol. The second kappa shape index (κ2) is 3.66. The van der Waals surface area contributed by atoms with E-state index in [-0.39, 0.29) is 5.56 Å². The summed E-state index contributed by atoms with van der Waals surface area (Å²) in [6.07, 6.45) is -2.39. The molecule has 74 valence electrons. The van der Waals surface area contributed by atoms with Crippen LogP contribution in [-0.4, -0.2) is 4.98 Å². The van der Waals surface area contributed by atoms with E-state index >= 15 is 0 Å². The third-order valence-corrected chi connectivity index (χ3v) is 1.78. The normalized spacial score (nSPS) is 13.4. The van der Waals surface area contributed by atoms with E-state index in [1.54, 1.807) is 0 Å². The molecule has 14 heavy (non-hydrogen) atoms. The molecule has 1 rings (SSSR count). The van der Waals surface area contributed by atoms with Gasteiger partial charge < -0.3 is 0 Å². The van der Waals surface area contributed by atoms with Crippen molar-refractivity contribution in [3.05, 3.63) is 29.6 Å². The van der Waals surface area contributed by atoms with E-state index < -0.39 is 17.7 Å². The summed E-state index contributed by atoms with van der Waals surface area (Å²) >= 11 is 0. The van der Waals surface area contributed by atoms with Crippen LogP contribution >= 0.6 is 0 Å². The topological polar surface area (TPSA) is 36.7 Å². The Kier molecular flexibility index (Phi) is 2.75. The van der Waals surface area contributed by atoms with Crippen LogP contribution in [0.3, 0.4) is 0 Å². The molecule has 0 fully saturated rings. The largest absolute Gasteiger partial charge is 0.417 e. The highest BCUT2D eigenvalue weighted by molar-refractivity contribution is 5.26. The molecule has 5 heteroatoms. The fourth-order valence-corrected chi connectivity index (χ4v) is 0.924. The van der Waals surface area contributed by atoms with Gasteiger partial charge in [0.25, 0.3) is 0 Å². The number of halogens is 3. The number of hydrogen-bond donors (Lipinski definition) is 0. The summed E-state index contributed by atoms with van der Waals surface area (Å²) in [7, 11) is 0. The van der Waals surface area contributed by atoms with Crippen molar-refractivity contribution in [2.75, 3.05) is 0 Å². The number of alkyl halides is 3. The van der Waals surface area contributed by atoms with E-state index in [2.05, 4.69) is 4.98 Å². The minimum atomic E-state index is -4.40. The molecule has 0 radical (unpaired) electrons. The monoisotopic (exact) mass is 200 g/mol. The maximum Gasteiger partial charge on any atom is 0.417 e. The van der Waals surface area contributed by atoms with Crippen LogP contribution in [-0.2, 0) is 6.18 Å². The van der Waals surface area contributed by atoms with E-state index in [0.29, 0.717) is 0 Å². The van der Waals surface area contributed by atoms with Crippen LogP contribution in [0.25, 0.3) is 0 Å². The third-order valence-electron chi connectivity index (χ3n) is 1.78. The summed E-state index contributed by atoms with van der Waals surface area (Å²) in [5.41, 5.74) is -0.542. The molecule has 0 aliphatic heterocycles. The molecule has 1 aromatic heterocycles. The lowest BCUT2D eigenvalue weighted by Gasteiger charge is -2.08. The standard InChI is InChI=1S/C9H7F3N2/c1-6(3-13)7-2-8(5-14-4-7)9(10,11)12/h2,4-6H,1H3. The van der Waals surface area contributed by atoms with Crippen LogP contribution in [0.5, 0.6) is 0 Å². The predicted molar refractivity (Wildman–Crippen MR) is 43.3 cm³/mol. The molecule has 0 saturated heterocycles. The van der Waals surface area contributed by atoms with E-state index in [1.165, 1.54) is 13.1 Å². The van der Waals surface area contributed by atoms with Gasteiger partial charge in [0.15, 0.2) is 0 Å². The SMILES string of the molecule is CC(C#N)c1cncc(C(F)(F)F)c1. The molecule has 0 saturated carbocycles. The molecule has 0 aliphatic carbocycles. The molecule has 1 aromatic rings. The predicted octanol–water partition coefficient (Wildman–Crippen LogP) is 2.73. The minimum absolute atomic E-state index is 0.280. The third kappa shape index (κ3) is 2.22. The molecule has 0 spiro atoms. The zero-order valence-electron chi connectivity index (χ0n) is 7.34. The van der Waals surface area contributed by atoms with Gasteiger partial charge in [0.2, 0.25) is 0 Å². The summed E-state index contributed by atoms with van der Waals surface area (Å²) in [5.74, 6) is -0.579. The first-order valence-electron chi connectivity index (χ1n) is 3.87. The van der Waals surface area contributed by atoms with E-state index in [1.807, 2.05) is 6.07 Å². The Balaban J connectivity index is 3.09. The highest BCUT2D eigenvalue weighted by atomic mass is 19.4. The van der Waals surface area contributed by atoms with Gasteiger partial charge in [-0.25, -0.2) is 0 Å². The summed E-state index contributed by atoms with van der Waals surface area (Å²) in [6, 6.07) is 2.80. The first-order chi connectivity index (χ1) is 6.45. The second-order valence-electron chi connectivity index (χ2n) is 2.86. The summed E-state index contributed by atoms with van der Waals surface area (Å²) in [5, 5.41) is 8.52. The number of rotatable bonds is 1. The lowest BCUT2D eigenvalue weighted by Crippen LogP contribution is -2.06. The first kappa shape index (κ1) is 10.5. The van der Waals surface area contributed by atoms with Crippen molar-refractivity contribution in [2.45, 2.75) is 19.0 Å².